The first-order chi connectivity index (χ1) is 8.61. The van der Waals surface area contributed by atoms with E-state index in [0.717, 1.165) is 36.1 Å². The number of rotatable bonds is 2. The van der Waals surface area contributed by atoms with Gasteiger partial charge in [-0.3, -0.25) is 4.79 Å². The van der Waals surface area contributed by atoms with Gasteiger partial charge in [-0.05, 0) is 47.0 Å². The number of nitrogens with zero attached hydrogens (tertiary/aromatic N) is 2. The summed E-state index contributed by atoms with van der Waals surface area (Å²) in [7, 11) is 0. The lowest BCUT2D eigenvalue weighted by Gasteiger charge is -2.33. The molecule has 0 spiro atoms. The van der Waals surface area contributed by atoms with Gasteiger partial charge in [0.15, 0.2) is 0 Å². The molecule has 5 heteroatoms. The van der Waals surface area contributed by atoms with Crippen molar-refractivity contribution in [2.45, 2.75) is 12.8 Å². The van der Waals surface area contributed by atoms with Gasteiger partial charge in [0.1, 0.15) is 0 Å². The van der Waals surface area contributed by atoms with Crippen LogP contribution in [0.15, 0.2) is 22.7 Å². The van der Waals surface area contributed by atoms with Crippen molar-refractivity contribution in [2.24, 2.45) is 11.7 Å². The number of amides is 1. The number of piperidine rings is 1. The van der Waals surface area contributed by atoms with Crippen LogP contribution in [-0.2, 0) is 4.79 Å². The molecule has 1 amide bonds. The van der Waals surface area contributed by atoms with Gasteiger partial charge in [0.25, 0.3) is 0 Å². The number of hydrogen-bond donors (Lipinski definition) is 1. The first kappa shape index (κ1) is 12.9. The van der Waals surface area contributed by atoms with Crippen LogP contribution in [0.3, 0.4) is 0 Å². The van der Waals surface area contributed by atoms with Crippen molar-refractivity contribution in [3.63, 3.8) is 0 Å². The van der Waals surface area contributed by atoms with Crippen LogP contribution in [0.4, 0.5) is 5.69 Å². The van der Waals surface area contributed by atoms with Crippen molar-refractivity contribution in [3.8, 4) is 6.07 Å². The molecule has 1 aromatic rings. The van der Waals surface area contributed by atoms with Gasteiger partial charge in [-0.25, -0.2) is 0 Å². The lowest BCUT2D eigenvalue weighted by molar-refractivity contribution is -0.122. The summed E-state index contributed by atoms with van der Waals surface area (Å²) in [5, 5.41) is 8.82. The second kappa shape index (κ2) is 5.40. The maximum Gasteiger partial charge on any atom is 0.220 e. The van der Waals surface area contributed by atoms with Crippen molar-refractivity contribution in [2.75, 3.05) is 18.0 Å². The molecule has 1 aliphatic rings. The Balaban J connectivity index is 2.10. The molecule has 94 valence electrons. The molecule has 0 unspecified atom stereocenters. The first-order valence-corrected chi connectivity index (χ1v) is 6.65. The highest BCUT2D eigenvalue weighted by Crippen LogP contribution is 2.30. The highest BCUT2D eigenvalue weighted by molar-refractivity contribution is 9.10. The molecule has 1 aromatic carbocycles. The van der Waals surface area contributed by atoms with E-state index in [1.165, 1.54) is 0 Å². The Morgan fingerprint density at radius 3 is 2.61 bits per heavy atom. The number of hydrogen-bond acceptors (Lipinski definition) is 3. The summed E-state index contributed by atoms with van der Waals surface area (Å²) in [5.41, 5.74) is 7.02. The number of carbonyl (C=O) groups excluding carboxylic acids is 1. The fraction of sp³-hybridized carbons (Fsp3) is 0.385. The molecule has 18 heavy (non-hydrogen) atoms. The Labute approximate surface area is 115 Å². The Kier molecular flexibility index (Phi) is 3.87. The van der Waals surface area contributed by atoms with Gasteiger partial charge in [0, 0.05) is 23.5 Å². The summed E-state index contributed by atoms with van der Waals surface area (Å²) in [6, 6.07) is 7.67. The highest BCUT2D eigenvalue weighted by Gasteiger charge is 2.24. The maximum absolute atomic E-state index is 11.1. The number of carbonyl (C=O) groups is 1. The molecular formula is C13H14BrN3O. The molecule has 0 aromatic heterocycles. The predicted octanol–water partition coefficient (Wildman–Crippen LogP) is 2.02. The van der Waals surface area contributed by atoms with Crippen LogP contribution in [0, 0.1) is 17.2 Å². The third kappa shape index (κ3) is 2.65. The molecule has 1 aliphatic heterocycles. The Morgan fingerprint density at radius 1 is 1.44 bits per heavy atom. The van der Waals surface area contributed by atoms with E-state index >= 15 is 0 Å². The quantitative estimate of drug-likeness (QED) is 0.908. The second-order valence-corrected chi connectivity index (χ2v) is 5.30. The zero-order valence-corrected chi connectivity index (χ0v) is 11.5. The summed E-state index contributed by atoms with van der Waals surface area (Å²) in [6.45, 7) is 1.64. The minimum Gasteiger partial charge on any atom is -0.371 e. The van der Waals surface area contributed by atoms with Crippen LogP contribution in [0.25, 0.3) is 0 Å². The molecule has 4 nitrogen and oxygen atoms in total. The number of halogens is 1. The van der Waals surface area contributed by atoms with Gasteiger partial charge in [0.05, 0.1) is 17.3 Å². The average molecular weight is 308 g/mol. The van der Waals surface area contributed by atoms with Crippen LogP contribution in [-0.4, -0.2) is 19.0 Å². The van der Waals surface area contributed by atoms with Crippen LogP contribution in [0.2, 0.25) is 0 Å². The molecule has 1 fully saturated rings. The van der Waals surface area contributed by atoms with E-state index in [1.807, 2.05) is 12.1 Å². The number of benzene rings is 1. The SMILES string of the molecule is N#Cc1ccc(N2CCC(C(N)=O)CC2)c(Br)c1. The lowest BCUT2D eigenvalue weighted by atomic mass is 9.96. The fourth-order valence-corrected chi connectivity index (χ4v) is 2.87. The largest absolute Gasteiger partial charge is 0.371 e. The van der Waals surface area contributed by atoms with Crippen molar-refractivity contribution in [1.82, 2.24) is 0 Å². The summed E-state index contributed by atoms with van der Waals surface area (Å²) in [6.07, 6.45) is 1.59. The van der Waals surface area contributed by atoms with Crippen LogP contribution >= 0.6 is 15.9 Å². The Bertz CT molecular complexity index is 501. The van der Waals surface area contributed by atoms with E-state index in [0.29, 0.717) is 5.56 Å². The summed E-state index contributed by atoms with van der Waals surface area (Å²) in [4.78, 5) is 13.3. The Morgan fingerprint density at radius 2 is 2.11 bits per heavy atom. The van der Waals surface area contributed by atoms with Gasteiger partial charge in [-0.1, -0.05) is 0 Å². The van der Waals surface area contributed by atoms with Gasteiger partial charge >= 0.3 is 0 Å². The lowest BCUT2D eigenvalue weighted by Crippen LogP contribution is -2.38. The Hall–Kier alpha value is -1.54. The van der Waals surface area contributed by atoms with Crippen LogP contribution < -0.4 is 10.6 Å². The third-order valence-corrected chi connectivity index (χ3v) is 3.95. The molecule has 0 atom stereocenters. The zero-order chi connectivity index (χ0) is 13.1. The number of nitrogens with two attached hydrogens (primary N) is 1. The maximum atomic E-state index is 11.1. The van der Waals surface area contributed by atoms with E-state index in [2.05, 4.69) is 26.9 Å². The molecule has 0 radical (unpaired) electrons. The standard InChI is InChI=1S/C13H14BrN3O/c14-11-7-9(8-15)1-2-12(11)17-5-3-10(4-6-17)13(16)18/h1-2,7,10H,3-6H2,(H2,16,18). The van der Waals surface area contributed by atoms with E-state index in [1.54, 1.807) is 6.07 Å². The summed E-state index contributed by atoms with van der Waals surface area (Å²) >= 11 is 3.48. The fourth-order valence-electron chi connectivity index (χ4n) is 2.24. The van der Waals surface area contributed by atoms with Gasteiger partial charge in [0.2, 0.25) is 5.91 Å². The number of primary amides is 1. The second-order valence-electron chi connectivity index (χ2n) is 4.44. The number of nitriles is 1. The normalized spacial score (nSPS) is 16.3. The molecule has 2 rings (SSSR count). The minimum atomic E-state index is -0.200. The molecule has 0 aliphatic carbocycles. The topological polar surface area (TPSA) is 70.1 Å². The first-order valence-electron chi connectivity index (χ1n) is 5.85. The molecule has 0 saturated carbocycles. The minimum absolute atomic E-state index is 0.00147. The molecule has 1 heterocycles. The molecule has 2 N–H and O–H groups in total. The van der Waals surface area contributed by atoms with E-state index in [4.69, 9.17) is 11.0 Å². The van der Waals surface area contributed by atoms with E-state index in [-0.39, 0.29) is 11.8 Å². The van der Waals surface area contributed by atoms with Crippen LogP contribution in [0.5, 0.6) is 0 Å². The van der Waals surface area contributed by atoms with Crippen molar-refractivity contribution < 1.29 is 4.79 Å². The van der Waals surface area contributed by atoms with E-state index in [9.17, 15) is 4.79 Å². The van der Waals surface area contributed by atoms with Crippen molar-refractivity contribution >= 4 is 27.5 Å². The highest BCUT2D eigenvalue weighted by atomic mass is 79.9. The predicted molar refractivity (Wildman–Crippen MR) is 73.0 cm³/mol. The van der Waals surface area contributed by atoms with Gasteiger partial charge in [-0.2, -0.15) is 5.26 Å². The van der Waals surface area contributed by atoms with Gasteiger partial charge in [-0.15, -0.1) is 0 Å². The number of anilines is 1. The summed E-state index contributed by atoms with van der Waals surface area (Å²) < 4.78 is 0.916. The average Bonchev–Trinajstić information content (AvgIpc) is 2.38. The molecule has 1 saturated heterocycles. The smallest absolute Gasteiger partial charge is 0.220 e. The summed E-state index contributed by atoms with van der Waals surface area (Å²) in [5.74, 6) is -0.202. The van der Waals surface area contributed by atoms with Gasteiger partial charge < -0.3 is 10.6 Å². The monoisotopic (exact) mass is 307 g/mol. The van der Waals surface area contributed by atoms with Crippen molar-refractivity contribution in [3.05, 3.63) is 28.2 Å². The van der Waals surface area contributed by atoms with Crippen LogP contribution in [0.1, 0.15) is 18.4 Å². The molecule has 0 bridgehead atoms. The third-order valence-electron chi connectivity index (χ3n) is 3.31. The molecular weight excluding hydrogens is 294 g/mol. The van der Waals surface area contributed by atoms with E-state index < -0.39 is 0 Å². The van der Waals surface area contributed by atoms with Crippen molar-refractivity contribution in [1.29, 1.82) is 5.26 Å². The zero-order valence-electron chi connectivity index (χ0n) is 9.90.